The van der Waals surface area contributed by atoms with E-state index in [9.17, 15) is 0 Å². The quantitative estimate of drug-likeness (QED) is 0.764. The van der Waals surface area contributed by atoms with Gasteiger partial charge in [0.2, 0.25) is 0 Å². The minimum Gasteiger partial charge on any atom is -0.447 e. The van der Waals surface area contributed by atoms with Crippen LogP contribution in [0, 0.1) is 18.3 Å². The number of nitriles is 1. The van der Waals surface area contributed by atoms with Crippen LogP contribution in [0.3, 0.4) is 0 Å². The maximum atomic E-state index is 8.73. The molecule has 0 saturated heterocycles. The fourth-order valence-electron chi connectivity index (χ4n) is 1.20. The predicted molar refractivity (Wildman–Crippen MR) is 60.3 cm³/mol. The summed E-state index contributed by atoms with van der Waals surface area (Å²) in [6, 6.07) is 11.2. The van der Waals surface area contributed by atoms with Crippen molar-refractivity contribution in [2.75, 3.05) is 0 Å². The number of nitrogens with zero attached hydrogens (tertiary/aromatic N) is 1. The number of rotatable bonds is 2. The van der Waals surface area contributed by atoms with Gasteiger partial charge in [-0.25, -0.2) is 0 Å². The molecule has 0 aliphatic rings. The Kier molecular flexibility index (Phi) is 2.70. The predicted octanol–water partition coefficient (Wildman–Crippen LogP) is 3.72. The van der Waals surface area contributed by atoms with Crippen LogP contribution in [-0.4, -0.2) is 0 Å². The Bertz CT molecular complexity index is 510. The van der Waals surface area contributed by atoms with Gasteiger partial charge in [-0.1, -0.05) is 6.07 Å². The molecule has 0 bridgehead atoms. The van der Waals surface area contributed by atoms with Crippen LogP contribution in [0.1, 0.15) is 11.1 Å². The molecule has 1 aromatic heterocycles. The molecule has 0 unspecified atom stereocenters. The first kappa shape index (κ1) is 9.75. The SMILES string of the molecule is Cc1csc(Oc2cccc(C#N)c2)c1. The van der Waals surface area contributed by atoms with Gasteiger partial charge in [0, 0.05) is 0 Å². The van der Waals surface area contributed by atoms with Gasteiger partial charge in [-0.05, 0) is 42.1 Å². The summed E-state index contributed by atoms with van der Waals surface area (Å²) in [6.07, 6.45) is 0. The topological polar surface area (TPSA) is 33.0 Å². The van der Waals surface area contributed by atoms with Crippen LogP contribution in [0.2, 0.25) is 0 Å². The van der Waals surface area contributed by atoms with Crippen molar-refractivity contribution in [3.8, 4) is 16.9 Å². The smallest absolute Gasteiger partial charge is 0.181 e. The van der Waals surface area contributed by atoms with E-state index >= 15 is 0 Å². The molecule has 0 saturated carbocycles. The van der Waals surface area contributed by atoms with Gasteiger partial charge in [0.25, 0.3) is 0 Å². The highest BCUT2D eigenvalue weighted by molar-refractivity contribution is 7.12. The first-order valence-electron chi connectivity index (χ1n) is 4.51. The third kappa shape index (κ3) is 2.36. The summed E-state index contributed by atoms with van der Waals surface area (Å²) in [7, 11) is 0. The Labute approximate surface area is 92.4 Å². The standard InChI is InChI=1S/C12H9NOS/c1-9-5-12(15-8-9)14-11-4-2-3-10(6-11)7-13/h2-6,8H,1H3. The molecule has 74 valence electrons. The number of hydrogen-bond acceptors (Lipinski definition) is 3. The first-order valence-corrected chi connectivity index (χ1v) is 5.39. The summed E-state index contributed by atoms with van der Waals surface area (Å²) < 4.78 is 5.61. The van der Waals surface area contributed by atoms with Crippen molar-refractivity contribution in [2.45, 2.75) is 6.92 Å². The van der Waals surface area contributed by atoms with E-state index in [1.54, 1.807) is 23.5 Å². The van der Waals surface area contributed by atoms with Crippen molar-refractivity contribution in [3.63, 3.8) is 0 Å². The zero-order valence-electron chi connectivity index (χ0n) is 8.23. The first-order chi connectivity index (χ1) is 7.28. The average molecular weight is 215 g/mol. The van der Waals surface area contributed by atoms with Crippen LogP contribution in [-0.2, 0) is 0 Å². The molecule has 3 heteroatoms. The lowest BCUT2D eigenvalue weighted by Crippen LogP contribution is -1.81. The van der Waals surface area contributed by atoms with E-state index in [0.29, 0.717) is 11.3 Å². The zero-order chi connectivity index (χ0) is 10.7. The second-order valence-corrected chi connectivity index (χ2v) is 4.06. The van der Waals surface area contributed by atoms with Crippen molar-refractivity contribution < 1.29 is 4.74 Å². The molecule has 2 aromatic rings. The number of hydrogen-bond donors (Lipinski definition) is 0. The number of ether oxygens (including phenoxy) is 1. The molecular formula is C12H9NOS. The number of aryl methyl sites for hydroxylation is 1. The van der Waals surface area contributed by atoms with Gasteiger partial charge in [-0.15, -0.1) is 11.3 Å². The maximum Gasteiger partial charge on any atom is 0.181 e. The summed E-state index contributed by atoms with van der Waals surface area (Å²) in [4.78, 5) is 0. The largest absolute Gasteiger partial charge is 0.447 e. The van der Waals surface area contributed by atoms with Crippen LogP contribution in [0.15, 0.2) is 35.7 Å². The Hall–Kier alpha value is -1.79. The molecule has 0 radical (unpaired) electrons. The average Bonchev–Trinajstić information content (AvgIpc) is 2.64. The van der Waals surface area contributed by atoms with Crippen molar-refractivity contribution in [1.29, 1.82) is 5.26 Å². The molecule has 0 atom stereocenters. The maximum absolute atomic E-state index is 8.73. The Morgan fingerprint density at radius 1 is 1.33 bits per heavy atom. The number of benzene rings is 1. The monoisotopic (exact) mass is 215 g/mol. The highest BCUT2D eigenvalue weighted by Gasteiger charge is 2.00. The highest BCUT2D eigenvalue weighted by Crippen LogP contribution is 2.28. The molecule has 0 fully saturated rings. The van der Waals surface area contributed by atoms with Crippen molar-refractivity contribution >= 4 is 11.3 Å². The van der Waals surface area contributed by atoms with Crippen molar-refractivity contribution in [2.24, 2.45) is 0 Å². The molecule has 1 aromatic carbocycles. The lowest BCUT2D eigenvalue weighted by Gasteiger charge is -2.01. The molecule has 2 nitrogen and oxygen atoms in total. The van der Waals surface area contributed by atoms with Gasteiger partial charge in [0.05, 0.1) is 11.6 Å². The van der Waals surface area contributed by atoms with E-state index in [2.05, 4.69) is 6.07 Å². The minimum absolute atomic E-state index is 0.612. The minimum atomic E-state index is 0.612. The van der Waals surface area contributed by atoms with Gasteiger partial charge in [0.1, 0.15) is 5.75 Å². The van der Waals surface area contributed by atoms with Gasteiger partial charge in [0.15, 0.2) is 5.06 Å². The number of thiophene rings is 1. The third-order valence-corrected chi connectivity index (χ3v) is 2.81. The molecule has 0 aliphatic carbocycles. The molecule has 15 heavy (non-hydrogen) atoms. The molecule has 0 amide bonds. The molecule has 0 N–H and O–H groups in total. The van der Waals surface area contributed by atoms with Crippen LogP contribution in [0.5, 0.6) is 10.8 Å². The zero-order valence-corrected chi connectivity index (χ0v) is 9.04. The van der Waals surface area contributed by atoms with E-state index in [1.165, 1.54) is 5.56 Å². The normalized spacial score (nSPS) is 9.60. The van der Waals surface area contributed by atoms with Gasteiger partial charge >= 0.3 is 0 Å². The lowest BCUT2D eigenvalue weighted by atomic mass is 10.2. The van der Waals surface area contributed by atoms with Gasteiger partial charge in [-0.2, -0.15) is 5.26 Å². The van der Waals surface area contributed by atoms with E-state index in [1.807, 2.05) is 30.5 Å². The second kappa shape index (κ2) is 4.16. The molecule has 0 aliphatic heterocycles. The summed E-state index contributed by atoms with van der Waals surface area (Å²) >= 11 is 1.55. The van der Waals surface area contributed by atoms with Crippen LogP contribution < -0.4 is 4.74 Å². The molecule has 1 heterocycles. The van der Waals surface area contributed by atoms with Crippen LogP contribution >= 0.6 is 11.3 Å². The third-order valence-electron chi connectivity index (χ3n) is 1.89. The van der Waals surface area contributed by atoms with Crippen molar-refractivity contribution in [1.82, 2.24) is 0 Å². The summed E-state index contributed by atoms with van der Waals surface area (Å²) in [5, 5.41) is 11.6. The van der Waals surface area contributed by atoms with E-state index < -0.39 is 0 Å². The second-order valence-electron chi connectivity index (χ2n) is 3.18. The Morgan fingerprint density at radius 3 is 2.87 bits per heavy atom. The van der Waals surface area contributed by atoms with Crippen LogP contribution in [0.4, 0.5) is 0 Å². The molecule has 0 spiro atoms. The van der Waals surface area contributed by atoms with Crippen LogP contribution in [0.25, 0.3) is 0 Å². The van der Waals surface area contributed by atoms with E-state index in [0.717, 1.165) is 5.06 Å². The van der Waals surface area contributed by atoms with Crippen molar-refractivity contribution in [3.05, 3.63) is 46.8 Å². The Balaban J connectivity index is 2.21. The van der Waals surface area contributed by atoms with E-state index in [4.69, 9.17) is 10.00 Å². The fourth-order valence-corrected chi connectivity index (χ4v) is 1.97. The van der Waals surface area contributed by atoms with E-state index in [-0.39, 0.29) is 0 Å². The summed E-state index contributed by atoms with van der Waals surface area (Å²) in [6.45, 7) is 2.02. The summed E-state index contributed by atoms with van der Waals surface area (Å²) in [5.41, 5.74) is 1.80. The lowest BCUT2D eigenvalue weighted by molar-refractivity contribution is 0.496. The Morgan fingerprint density at radius 2 is 2.20 bits per heavy atom. The van der Waals surface area contributed by atoms with Gasteiger partial charge in [-0.3, -0.25) is 0 Å². The van der Waals surface area contributed by atoms with Gasteiger partial charge < -0.3 is 4.74 Å². The highest BCUT2D eigenvalue weighted by atomic mass is 32.1. The fraction of sp³-hybridized carbons (Fsp3) is 0.0833. The molecular weight excluding hydrogens is 206 g/mol. The molecule has 2 rings (SSSR count). The summed E-state index contributed by atoms with van der Waals surface area (Å²) in [5.74, 6) is 0.705.